The molecular formula is C27H52N4O3Si. The van der Waals surface area contributed by atoms with Gasteiger partial charge in [0.25, 0.3) is 0 Å². The SMILES string of the molecule is CCO[Si](CCCNCc1ccc(CN2CCCNCCCCCNCC2)cc1)(OCC)OCC. The van der Waals surface area contributed by atoms with Crippen LogP contribution in [0.25, 0.3) is 0 Å². The van der Waals surface area contributed by atoms with Gasteiger partial charge in [-0.05, 0) is 90.3 Å². The van der Waals surface area contributed by atoms with Crippen molar-refractivity contribution in [2.75, 3.05) is 65.6 Å². The fraction of sp³-hybridized carbons (Fsp3) is 0.778. The lowest BCUT2D eigenvalue weighted by Gasteiger charge is -2.28. The topological polar surface area (TPSA) is 67.0 Å². The van der Waals surface area contributed by atoms with Crippen molar-refractivity contribution < 1.29 is 13.3 Å². The second kappa shape index (κ2) is 19.3. The first kappa shape index (κ1) is 30.4. The molecule has 0 aliphatic carbocycles. The van der Waals surface area contributed by atoms with Gasteiger partial charge in [0.2, 0.25) is 0 Å². The van der Waals surface area contributed by atoms with Crippen LogP contribution in [-0.4, -0.2) is 79.3 Å². The number of benzene rings is 1. The van der Waals surface area contributed by atoms with Gasteiger partial charge in [-0.3, -0.25) is 4.90 Å². The molecular weight excluding hydrogens is 456 g/mol. The van der Waals surface area contributed by atoms with Gasteiger partial charge in [-0.2, -0.15) is 0 Å². The molecule has 202 valence electrons. The lowest BCUT2D eigenvalue weighted by atomic mass is 10.1. The molecule has 0 spiro atoms. The zero-order chi connectivity index (χ0) is 25.0. The van der Waals surface area contributed by atoms with Gasteiger partial charge < -0.3 is 29.2 Å². The molecule has 1 heterocycles. The third kappa shape index (κ3) is 13.3. The van der Waals surface area contributed by atoms with Crippen molar-refractivity contribution in [3.8, 4) is 0 Å². The van der Waals surface area contributed by atoms with Gasteiger partial charge in [-0.1, -0.05) is 30.7 Å². The average molecular weight is 509 g/mol. The molecule has 1 aromatic rings. The first-order valence-corrected chi connectivity index (χ1v) is 16.0. The van der Waals surface area contributed by atoms with Gasteiger partial charge >= 0.3 is 8.80 Å². The Bertz CT molecular complexity index is 604. The summed E-state index contributed by atoms with van der Waals surface area (Å²) in [5.74, 6) is 0. The first-order chi connectivity index (χ1) is 17.2. The molecule has 35 heavy (non-hydrogen) atoms. The zero-order valence-corrected chi connectivity index (χ0v) is 23.7. The molecule has 1 aliphatic rings. The standard InChI is InChI=1S/C27H52N4O3Si/c1-4-32-35(33-5-2,34-6-3)23-11-19-30-24-26-12-14-27(15-13-26)25-31-21-10-18-28-16-8-7-9-17-29-20-22-31/h12-15,28-30H,4-11,16-25H2,1-3H3. The molecule has 1 saturated heterocycles. The number of hydrogen-bond donors (Lipinski definition) is 3. The summed E-state index contributed by atoms with van der Waals surface area (Å²) >= 11 is 0. The van der Waals surface area contributed by atoms with Gasteiger partial charge in [0.1, 0.15) is 0 Å². The van der Waals surface area contributed by atoms with Crippen molar-refractivity contribution >= 4 is 8.80 Å². The normalized spacial score (nSPS) is 17.5. The number of nitrogens with one attached hydrogen (secondary N) is 3. The highest BCUT2D eigenvalue weighted by atomic mass is 28.4. The van der Waals surface area contributed by atoms with Gasteiger partial charge in [-0.15, -0.1) is 0 Å². The van der Waals surface area contributed by atoms with Crippen molar-refractivity contribution in [3.63, 3.8) is 0 Å². The van der Waals surface area contributed by atoms with Crippen LogP contribution in [0, 0.1) is 0 Å². The van der Waals surface area contributed by atoms with Crippen molar-refractivity contribution in [1.29, 1.82) is 0 Å². The molecule has 0 radical (unpaired) electrons. The molecule has 0 amide bonds. The monoisotopic (exact) mass is 508 g/mol. The van der Waals surface area contributed by atoms with E-state index in [-0.39, 0.29) is 0 Å². The molecule has 7 nitrogen and oxygen atoms in total. The maximum atomic E-state index is 5.95. The van der Waals surface area contributed by atoms with Crippen LogP contribution in [-0.2, 0) is 26.4 Å². The second-order valence-corrected chi connectivity index (χ2v) is 12.0. The summed E-state index contributed by atoms with van der Waals surface area (Å²) in [4.78, 5) is 2.59. The minimum atomic E-state index is -2.53. The molecule has 0 atom stereocenters. The lowest BCUT2D eigenvalue weighted by molar-refractivity contribution is 0.0708. The van der Waals surface area contributed by atoms with E-state index in [9.17, 15) is 0 Å². The zero-order valence-electron chi connectivity index (χ0n) is 22.7. The van der Waals surface area contributed by atoms with Crippen LogP contribution in [0.5, 0.6) is 0 Å². The number of nitrogens with zero attached hydrogens (tertiary/aromatic N) is 1. The summed E-state index contributed by atoms with van der Waals surface area (Å²) in [5.41, 5.74) is 2.72. The van der Waals surface area contributed by atoms with E-state index in [1.165, 1.54) is 36.8 Å². The van der Waals surface area contributed by atoms with Gasteiger partial charge in [0.05, 0.1) is 0 Å². The van der Waals surface area contributed by atoms with Crippen LogP contribution >= 0.6 is 0 Å². The van der Waals surface area contributed by atoms with Gasteiger partial charge in [0.15, 0.2) is 0 Å². The largest absolute Gasteiger partial charge is 0.500 e. The van der Waals surface area contributed by atoms with Crippen molar-refractivity contribution in [2.45, 2.75) is 72.0 Å². The highest BCUT2D eigenvalue weighted by Gasteiger charge is 2.39. The predicted molar refractivity (Wildman–Crippen MR) is 148 cm³/mol. The van der Waals surface area contributed by atoms with E-state index < -0.39 is 8.80 Å². The highest BCUT2D eigenvalue weighted by Crippen LogP contribution is 2.18. The van der Waals surface area contributed by atoms with Crippen molar-refractivity contribution in [3.05, 3.63) is 35.4 Å². The molecule has 0 unspecified atom stereocenters. The molecule has 0 bridgehead atoms. The van der Waals surface area contributed by atoms with Crippen LogP contribution in [0.3, 0.4) is 0 Å². The Morgan fingerprint density at radius 3 is 2.03 bits per heavy atom. The Labute approximate surface area is 216 Å². The van der Waals surface area contributed by atoms with E-state index in [2.05, 4.69) is 45.1 Å². The minimum absolute atomic E-state index is 0.636. The summed E-state index contributed by atoms with van der Waals surface area (Å²) in [6.07, 6.45) is 6.10. The third-order valence-corrected chi connectivity index (χ3v) is 9.48. The van der Waals surface area contributed by atoms with Crippen LogP contribution in [0.1, 0.15) is 64.0 Å². The van der Waals surface area contributed by atoms with E-state index in [1.54, 1.807) is 0 Å². The summed E-state index contributed by atoms with van der Waals surface area (Å²) in [6, 6.07) is 9.97. The van der Waals surface area contributed by atoms with Crippen molar-refractivity contribution in [2.24, 2.45) is 0 Å². The molecule has 0 saturated carbocycles. The van der Waals surface area contributed by atoms with Crippen molar-refractivity contribution in [1.82, 2.24) is 20.9 Å². The van der Waals surface area contributed by atoms with E-state index in [4.69, 9.17) is 13.3 Å². The molecule has 1 aromatic carbocycles. The van der Waals surface area contributed by atoms with Gasteiger partial charge in [-0.25, -0.2) is 0 Å². The Hall–Kier alpha value is -0.843. The fourth-order valence-electron chi connectivity index (χ4n) is 4.55. The second-order valence-electron chi connectivity index (χ2n) is 9.27. The minimum Gasteiger partial charge on any atom is -0.374 e. The van der Waals surface area contributed by atoms with E-state index in [0.29, 0.717) is 19.8 Å². The molecule has 1 aliphatic heterocycles. The number of rotatable bonds is 14. The first-order valence-electron chi connectivity index (χ1n) is 14.1. The lowest BCUT2D eigenvalue weighted by Crippen LogP contribution is -2.46. The van der Waals surface area contributed by atoms with E-state index >= 15 is 0 Å². The summed E-state index contributed by atoms with van der Waals surface area (Å²) in [5, 5.41) is 10.8. The average Bonchev–Trinajstić information content (AvgIpc) is 2.88. The molecule has 0 aromatic heterocycles. The summed E-state index contributed by atoms with van der Waals surface area (Å²) in [7, 11) is -2.53. The van der Waals surface area contributed by atoms with Crippen LogP contribution in [0.2, 0.25) is 6.04 Å². The van der Waals surface area contributed by atoms with Gasteiger partial charge in [0, 0.05) is 52.0 Å². The fourth-order valence-corrected chi connectivity index (χ4v) is 7.16. The smallest absolute Gasteiger partial charge is 0.374 e. The molecule has 8 heteroatoms. The Kier molecular flexibility index (Phi) is 16.7. The quantitative estimate of drug-likeness (QED) is 0.261. The highest BCUT2D eigenvalue weighted by molar-refractivity contribution is 6.60. The predicted octanol–water partition coefficient (Wildman–Crippen LogP) is 3.77. The van der Waals surface area contributed by atoms with Crippen LogP contribution < -0.4 is 16.0 Å². The summed E-state index contributed by atoms with van der Waals surface area (Å²) in [6.45, 7) is 17.5. The third-order valence-electron chi connectivity index (χ3n) is 6.33. The molecule has 3 N–H and O–H groups in total. The Balaban J connectivity index is 1.73. The van der Waals surface area contributed by atoms with Crippen LogP contribution in [0.15, 0.2) is 24.3 Å². The number of hydrogen-bond acceptors (Lipinski definition) is 7. The Morgan fingerprint density at radius 1 is 0.771 bits per heavy atom. The van der Waals surface area contributed by atoms with E-state index in [1.807, 2.05) is 20.8 Å². The maximum absolute atomic E-state index is 5.95. The Morgan fingerprint density at radius 2 is 1.37 bits per heavy atom. The summed E-state index contributed by atoms with van der Waals surface area (Å²) < 4.78 is 17.9. The van der Waals surface area contributed by atoms with E-state index in [0.717, 1.165) is 71.4 Å². The molecule has 2 rings (SSSR count). The van der Waals surface area contributed by atoms with Crippen LogP contribution in [0.4, 0.5) is 0 Å². The molecule has 1 fully saturated rings. The maximum Gasteiger partial charge on any atom is 0.500 e.